The molecule has 2 heterocycles. The fraction of sp³-hybridized carbons (Fsp3) is 0.400. The summed E-state index contributed by atoms with van der Waals surface area (Å²) in [6.07, 6.45) is 2.33. The van der Waals surface area contributed by atoms with E-state index in [9.17, 15) is 9.59 Å². The molecule has 2 aromatic rings. The van der Waals surface area contributed by atoms with E-state index in [4.69, 9.17) is 4.74 Å². The molecule has 1 N–H and O–H groups in total. The first-order valence-electron chi connectivity index (χ1n) is 8.87. The normalized spacial score (nSPS) is 16.8. The van der Waals surface area contributed by atoms with Crippen molar-refractivity contribution in [2.75, 3.05) is 25.0 Å². The first kappa shape index (κ1) is 18.8. The number of benzene rings is 1. The Hall–Kier alpha value is -2.02. The van der Waals surface area contributed by atoms with Crippen molar-refractivity contribution < 1.29 is 14.3 Å². The third kappa shape index (κ3) is 5.49. The van der Waals surface area contributed by atoms with Gasteiger partial charge in [0, 0.05) is 35.8 Å². The molecule has 0 saturated carbocycles. The average molecular weight is 372 g/mol. The number of ether oxygens (including phenoxy) is 1. The van der Waals surface area contributed by atoms with Crippen LogP contribution in [0.5, 0.6) is 0 Å². The lowest BCUT2D eigenvalue weighted by Crippen LogP contribution is -2.37. The lowest BCUT2D eigenvalue weighted by molar-refractivity contribution is -0.117. The molecular weight excluding hydrogens is 348 g/mol. The minimum atomic E-state index is -0.0831. The Balaban J connectivity index is 1.62. The SMILES string of the molecule is CC(=O)c1cccc(NC(=O)CN(Cc2cccs2)C[C@@H]2CCCO2)c1. The van der Waals surface area contributed by atoms with Gasteiger partial charge in [-0.15, -0.1) is 11.3 Å². The number of carbonyl (C=O) groups is 2. The Bertz CT molecular complexity index is 739. The molecule has 0 bridgehead atoms. The standard InChI is InChI=1S/C20H24N2O3S/c1-15(23)16-5-2-6-17(11-16)21-20(24)14-22(12-18-7-3-9-25-18)13-19-8-4-10-26-19/h2,4-6,8,10-11,18H,3,7,9,12-14H2,1H3,(H,21,24)/t18-/m0/s1. The molecular formula is C20H24N2O3S. The van der Waals surface area contributed by atoms with Gasteiger partial charge in [-0.05, 0) is 43.3 Å². The van der Waals surface area contributed by atoms with Crippen molar-refractivity contribution in [1.29, 1.82) is 0 Å². The molecule has 0 aliphatic carbocycles. The van der Waals surface area contributed by atoms with Gasteiger partial charge < -0.3 is 10.1 Å². The highest BCUT2D eigenvalue weighted by Gasteiger charge is 2.21. The molecule has 1 aromatic carbocycles. The van der Waals surface area contributed by atoms with E-state index in [1.807, 2.05) is 11.4 Å². The predicted molar refractivity (Wildman–Crippen MR) is 104 cm³/mol. The van der Waals surface area contributed by atoms with Crippen LogP contribution in [0.2, 0.25) is 0 Å². The second-order valence-corrected chi connectivity index (χ2v) is 7.60. The average Bonchev–Trinajstić information content (AvgIpc) is 3.29. The fourth-order valence-corrected chi connectivity index (χ4v) is 3.85. The van der Waals surface area contributed by atoms with Crippen molar-refractivity contribution in [2.24, 2.45) is 0 Å². The maximum Gasteiger partial charge on any atom is 0.238 e. The molecule has 6 heteroatoms. The third-order valence-electron chi connectivity index (χ3n) is 4.37. The van der Waals surface area contributed by atoms with Crippen LogP contribution in [0.4, 0.5) is 5.69 Å². The Morgan fingerprint density at radius 3 is 2.88 bits per heavy atom. The zero-order chi connectivity index (χ0) is 18.4. The van der Waals surface area contributed by atoms with Crippen LogP contribution in [0.3, 0.4) is 0 Å². The van der Waals surface area contributed by atoms with Crippen LogP contribution in [0, 0.1) is 0 Å². The zero-order valence-corrected chi connectivity index (χ0v) is 15.8. The van der Waals surface area contributed by atoms with Crippen LogP contribution in [0.15, 0.2) is 41.8 Å². The van der Waals surface area contributed by atoms with Crippen molar-refractivity contribution in [3.8, 4) is 0 Å². The van der Waals surface area contributed by atoms with E-state index >= 15 is 0 Å². The summed E-state index contributed by atoms with van der Waals surface area (Å²) in [5.74, 6) is -0.0981. The van der Waals surface area contributed by atoms with Crippen LogP contribution >= 0.6 is 11.3 Å². The molecule has 0 radical (unpaired) electrons. The highest BCUT2D eigenvalue weighted by molar-refractivity contribution is 7.09. The molecule has 3 rings (SSSR count). The van der Waals surface area contributed by atoms with Gasteiger partial charge in [0.1, 0.15) is 0 Å². The summed E-state index contributed by atoms with van der Waals surface area (Å²) in [5.41, 5.74) is 1.24. The van der Waals surface area contributed by atoms with Crippen molar-refractivity contribution in [1.82, 2.24) is 4.90 Å². The van der Waals surface area contributed by atoms with E-state index in [-0.39, 0.29) is 17.8 Å². The molecule has 5 nitrogen and oxygen atoms in total. The Morgan fingerprint density at radius 1 is 1.31 bits per heavy atom. The molecule has 1 amide bonds. The number of rotatable bonds is 8. The summed E-state index contributed by atoms with van der Waals surface area (Å²) in [6.45, 7) is 4.10. The van der Waals surface area contributed by atoms with Crippen LogP contribution in [0.1, 0.15) is 35.0 Å². The number of hydrogen-bond acceptors (Lipinski definition) is 5. The minimum absolute atomic E-state index is 0.0150. The molecule has 0 unspecified atom stereocenters. The second kappa shape index (κ2) is 9.07. The minimum Gasteiger partial charge on any atom is -0.377 e. The number of hydrogen-bond donors (Lipinski definition) is 1. The van der Waals surface area contributed by atoms with E-state index in [0.29, 0.717) is 17.8 Å². The Kier molecular flexibility index (Phi) is 6.55. The van der Waals surface area contributed by atoms with E-state index in [0.717, 1.165) is 32.5 Å². The smallest absolute Gasteiger partial charge is 0.238 e. The summed E-state index contributed by atoms with van der Waals surface area (Å²) in [5, 5.41) is 4.95. The van der Waals surface area contributed by atoms with Gasteiger partial charge in [-0.1, -0.05) is 18.2 Å². The lowest BCUT2D eigenvalue weighted by Gasteiger charge is -2.24. The predicted octanol–water partition coefficient (Wildman–Crippen LogP) is 3.57. The summed E-state index contributed by atoms with van der Waals surface area (Å²) >= 11 is 1.69. The molecule has 0 spiro atoms. The quantitative estimate of drug-likeness (QED) is 0.720. The van der Waals surface area contributed by atoms with Crippen molar-refractivity contribution >= 4 is 28.7 Å². The number of ketones is 1. The molecule has 1 fully saturated rings. The van der Waals surface area contributed by atoms with E-state index < -0.39 is 0 Å². The van der Waals surface area contributed by atoms with Crippen molar-refractivity contribution in [3.05, 3.63) is 52.2 Å². The molecule has 1 aliphatic heterocycles. The Labute approximate surface area is 158 Å². The lowest BCUT2D eigenvalue weighted by atomic mass is 10.1. The van der Waals surface area contributed by atoms with E-state index in [1.165, 1.54) is 11.8 Å². The van der Waals surface area contributed by atoms with Crippen LogP contribution < -0.4 is 5.32 Å². The summed E-state index contributed by atoms with van der Waals surface area (Å²) in [6, 6.07) is 11.2. The third-order valence-corrected chi connectivity index (χ3v) is 5.23. The number of Topliss-reactive ketones (excluding diaryl/α,β-unsaturated/α-hetero) is 1. The first-order valence-corrected chi connectivity index (χ1v) is 9.75. The van der Waals surface area contributed by atoms with Gasteiger partial charge >= 0.3 is 0 Å². The maximum atomic E-state index is 12.5. The van der Waals surface area contributed by atoms with Crippen LogP contribution in [-0.2, 0) is 16.1 Å². The molecule has 26 heavy (non-hydrogen) atoms. The van der Waals surface area contributed by atoms with Gasteiger partial charge in [0.05, 0.1) is 12.6 Å². The summed E-state index contributed by atoms with van der Waals surface area (Å²) in [7, 11) is 0. The molecule has 1 aliphatic rings. The van der Waals surface area contributed by atoms with Gasteiger partial charge in [0.2, 0.25) is 5.91 Å². The van der Waals surface area contributed by atoms with Gasteiger partial charge in [-0.2, -0.15) is 0 Å². The maximum absolute atomic E-state index is 12.5. The number of amides is 1. The van der Waals surface area contributed by atoms with Crippen molar-refractivity contribution in [3.63, 3.8) is 0 Å². The Morgan fingerprint density at radius 2 is 2.19 bits per heavy atom. The number of nitrogens with zero attached hydrogens (tertiary/aromatic N) is 1. The monoisotopic (exact) mass is 372 g/mol. The van der Waals surface area contributed by atoms with Crippen LogP contribution in [-0.4, -0.2) is 42.4 Å². The van der Waals surface area contributed by atoms with Crippen molar-refractivity contribution in [2.45, 2.75) is 32.4 Å². The van der Waals surface area contributed by atoms with Gasteiger partial charge in [0.15, 0.2) is 5.78 Å². The second-order valence-electron chi connectivity index (χ2n) is 6.57. The number of thiophene rings is 1. The van der Waals surface area contributed by atoms with E-state index in [2.05, 4.69) is 16.3 Å². The number of carbonyl (C=O) groups excluding carboxylic acids is 2. The largest absolute Gasteiger partial charge is 0.377 e. The molecule has 1 atom stereocenters. The van der Waals surface area contributed by atoms with Crippen LogP contribution in [0.25, 0.3) is 0 Å². The highest BCUT2D eigenvalue weighted by atomic mass is 32.1. The number of nitrogens with one attached hydrogen (secondary N) is 1. The van der Waals surface area contributed by atoms with Gasteiger partial charge in [-0.3, -0.25) is 14.5 Å². The highest BCUT2D eigenvalue weighted by Crippen LogP contribution is 2.17. The fourth-order valence-electron chi connectivity index (χ4n) is 3.10. The van der Waals surface area contributed by atoms with Gasteiger partial charge in [-0.25, -0.2) is 0 Å². The molecule has 1 saturated heterocycles. The molecule has 1 aromatic heterocycles. The molecule has 138 valence electrons. The van der Waals surface area contributed by atoms with E-state index in [1.54, 1.807) is 35.6 Å². The van der Waals surface area contributed by atoms with Gasteiger partial charge in [0.25, 0.3) is 0 Å². The first-order chi connectivity index (χ1) is 12.6. The topological polar surface area (TPSA) is 58.6 Å². The number of anilines is 1. The zero-order valence-electron chi connectivity index (χ0n) is 14.9. The summed E-state index contributed by atoms with van der Waals surface area (Å²) < 4.78 is 5.74. The summed E-state index contributed by atoms with van der Waals surface area (Å²) in [4.78, 5) is 27.4.